The number of amides is 1. The highest BCUT2D eigenvalue weighted by Gasteiger charge is 2.18. The number of imidazole rings is 1. The minimum atomic E-state index is -0.289. The maximum absolute atomic E-state index is 12.6. The molecule has 2 aromatic heterocycles. The third-order valence-electron chi connectivity index (χ3n) is 5.28. The van der Waals surface area contributed by atoms with Crippen LogP contribution in [0.25, 0.3) is 21.9 Å². The number of methoxy groups -OCH3 is 1. The Bertz CT molecular complexity index is 1280. The third kappa shape index (κ3) is 4.34. The molecule has 0 aliphatic rings. The van der Waals surface area contributed by atoms with E-state index in [0.29, 0.717) is 24.1 Å². The summed E-state index contributed by atoms with van der Waals surface area (Å²) in [6.07, 6.45) is 1.66. The average Bonchev–Trinajstić information content (AvgIpc) is 3.16. The van der Waals surface area contributed by atoms with Crippen LogP contribution in [0.4, 0.5) is 0 Å². The lowest BCUT2D eigenvalue weighted by Crippen LogP contribution is -2.31. The van der Waals surface area contributed by atoms with Gasteiger partial charge in [-0.05, 0) is 31.2 Å². The van der Waals surface area contributed by atoms with Crippen LogP contribution in [-0.2, 0) is 22.6 Å². The quantitative estimate of drug-likeness (QED) is 0.474. The first-order valence-corrected chi connectivity index (χ1v) is 10.3. The van der Waals surface area contributed by atoms with Crippen molar-refractivity contribution in [3.63, 3.8) is 0 Å². The van der Waals surface area contributed by atoms with Crippen molar-refractivity contribution in [2.45, 2.75) is 32.5 Å². The molecule has 0 saturated carbocycles. The van der Waals surface area contributed by atoms with E-state index in [9.17, 15) is 9.59 Å². The molecular formula is C23H25N5O3. The molecule has 2 aromatic carbocycles. The lowest BCUT2D eigenvalue weighted by Gasteiger charge is -2.16. The van der Waals surface area contributed by atoms with Gasteiger partial charge in [-0.15, -0.1) is 0 Å². The number of hydrogen-bond donors (Lipinski definition) is 1. The molecule has 4 aromatic rings. The van der Waals surface area contributed by atoms with Crippen molar-refractivity contribution < 1.29 is 9.53 Å². The zero-order chi connectivity index (χ0) is 21.8. The van der Waals surface area contributed by atoms with Crippen LogP contribution in [0.2, 0.25) is 0 Å². The number of hydrogen-bond acceptors (Lipinski definition) is 5. The summed E-state index contributed by atoms with van der Waals surface area (Å²) in [4.78, 5) is 34.2. The van der Waals surface area contributed by atoms with Gasteiger partial charge in [-0.2, -0.15) is 0 Å². The summed E-state index contributed by atoms with van der Waals surface area (Å²) in [6, 6.07) is 14.8. The molecule has 1 atom stereocenters. The number of nitrogens with zero attached hydrogens (tertiary/aromatic N) is 4. The first-order chi connectivity index (χ1) is 15.1. The molecule has 0 aliphatic heterocycles. The topological polar surface area (TPSA) is 91.0 Å². The number of para-hydroxylation sites is 3. The summed E-state index contributed by atoms with van der Waals surface area (Å²) in [6.45, 7) is 3.36. The first-order valence-electron chi connectivity index (χ1n) is 10.3. The summed E-state index contributed by atoms with van der Waals surface area (Å²) in [7, 11) is 1.66. The molecule has 31 heavy (non-hydrogen) atoms. The van der Waals surface area contributed by atoms with Gasteiger partial charge in [0.1, 0.15) is 5.82 Å². The highest BCUT2D eigenvalue weighted by Crippen LogP contribution is 2.21. The van der Waals surface area contributed by atoms with Gasteiger partial charge in [-0.1, -0.05) is 24.3 Å². The Balaban J connectivity index is 1.47. The van der Waals surface area contributed by atoms with Crippen LogP contribution in [0.15, 0.2) is 59.7 Å². The van der Waals surface area contributed by atoms with Crippen molar-refractivity contribution >= 4 is 27.8 Å². The van der Waals surface area contributed by atoms with Gasteiger partial charge in [-0.3, -0.25) is 14.2 Å². The second-order valence-electron chi connectivity index (χ2n) is 7.40. The standard InChI is InChI=1S/C23H25N5O3/c1-16(22-26-19-9-5-6-10-20(19)28(22)13-14-31-2)25-21(29)11-12-27-15-24-18-8-4-3-7-17(18)23(27)30/h3-10,15-16H,11-14H2,1-2H3,(H,25,29)/t16-/m1/s1. The van der Waals surface area contributed by atoms with Crippen molar-refractivity contribution in [1.82, 2.24) is 24.4 Å². The minimum Gasteiger partial charge on any atom is -0.383 e. The van der Waals surface area contributed by atoms with E-state index >= 15 is 0 Å². The minimum absolute atomic E-state index is 0.146. The molecule has 2 heterocycles. The predicted octanol–water partition coefficient (Wildman–Crippen LogP) is 2.66. The summed E-state index contributed by atoms with van der Waals surface area (Å²) < 4.78 is 8.78. The molecule has 8 heteroatoms. The Morgan fingerprint density at radius 1 is 1.10 bits per heavy atom. The molecule has 160 valence electrons. The molecule has 0 fully saturated rings. The molecule has 0 spiro atoms. The van der Waals surface area contributed by atoms with E-state index in [1.807, 2.05) is 37.3 Å². The second kappa shape index (κ2) is 9.09. The lowest BCUT2D eigenvalue weighted by molar-refractivity contribution is -0.122. The second-order valence-corrected chi connectivity index (χ2v) is 7.40. The number of ether oxygens (including phenoxy) is 1. The van der Waals surface area contributed by atoms with Gasteiger partial charge in [0.2, 0.25) is 5.91 Å². The first kappa shape index (κ1) is 20.7. The van der Waals surface area contributed by atoms with Crippen molar-refractivity contribution in [2.75, 3.05) is 13.7 Å². The van der Waals surface area contributed by atoms with Crippen LogP contribution in [0.3, 0.4) is 0 Å². The maximum Gasteiger partial charge on any atom is 0.261 e. The van der Waals surface area contributed by atoms with Gasteiger partial charge in [-0.25, -0.2) is 9.97 Å². The van der Waals surface area contributed by atoms with Crippen LogP contribution >= 0.6 is 0 Å². The van der Waals surface area contributed by atoms with Gasteiger partial charge in [0.05, 0.1) is 40.9 Å². The van der Waals surface area contributed by atoms with Gasteiger partial charge in [0.15, 0.2) is 0 Å². The number of aryl methyl sites for hydroxylation is 1. The summed E-state index contributed by atoms with van der Waals surface area (Å²) >= 11 is 0. The fraction of sp³-hybridized carbons (Fsp3) is 0.304. The number of benzene rings is 2. The van der Waals surface area contributed by atoms with Crippen LogP contribution in [-0.4, -0.2) is 38.7 Å². The van der Waals surface area contributed by atoms with E-state index < -0.39 is 0 Å². The van der Waals surface area contributed by atoms with E-state index in [2.05, 4.69) is 14.9 Å². The molecule has 1 N–H and O–H groups in total. The van der Waals surface area contributed by atoms with E-state index in [4.69, 9.17) is 9.72 Å². The SMILES string of the molecule is COCCn1c([C@@H](C)NC(=O)CCn2cnc3ccccc3c2=O)nc2ccccc21. The average molecular weight is 419 g/mol. The van der Waals surface area contributed by atoms with Crippen molar-refractivity contribution in [2.24, 2.45) is 0 Å². The number of rotatable bonds is 8. The van der Waals surface area contributed by atoms with Crippen molar-refractivity contribution in [3.05, 3.63) is 71.0 Å². The van der Waals surface area contributed by atoms with E-state index in [0.717, 1.165) is 16.9 Å². The molecule has 1 amide bonds. The molecule has 0 saturated heterocycles. The largest absolute Gasteiger partial charge is 0.383 e. The molecule has 0 bridgehead atoms. The van der Waals surface area contributed by atoms with Crippen LogP contribution in [0.1, 0.15) is 25.2 Å². The monoisotopic (exact) mass is 419 g/mol. The number of carbonyl (C=O) groups excluding carboxylic acids is 1. The zero-order valence-corrected chi connectivity index (χ0v) is 17.6. The van der Waals surface area contributed by atoms with Gasteiger partial charge in [0, 0.05) is 26.6 Å². The molecule has 0 aliphatic carbocycles. The van der Waals surface area contributed by atoms with Gasteiger partial charge >= 0.3 is 0 Å². The van der Waals surface area contributed by atoms with Crippen molar-refractivity contribution in [1.29, 1.82) is 0 Å². The number of aromatic nitrogens is 4. The van der Waals surface area contributed by atoms with E-state index in [-0.39, 0.29) is 30.5 Å². The number of fused-ring (bicyclic) bond motifs is 2. The Hall–Kier alpha value is -3.52. The molecular weight excluding hydrogens is 394 g/mol. The maximum atomic E-state index is 12.6. The zero-order valence-electron chi connectivity index (χ0n) is 17.6. The lowest BCUT2D eigenvalue weighted by atomic mass is 10.2. The van der Waals surface area contributed by atoms with Crippen LogP contribution < -0.4 is 10.9 Å². The summed E-state index contributed by atoms with van der Waals surface area (Å²) in [5.41, 5.74) is 2.39. The normalized spacial score (nSPS) is 12.3. The van der Waals surface area contributed by atoms with E-state index in [1.54, 1.807) is 25.3 Å². The fourth-order valence-electron chi connectivity index (χ4n) is 3.71. The molecule has 0 unspecified atom stereocenters. The predicted molar refractivity (Wildman–Crippen MR) is 119 cm³/mol. The fourth-order valence-corrected chi connectivity index (χ4v) is 3.71. The Morgan fingerprint density at radius 2 is 1.84 bits per heavy atom. The number of carbonyl (C=O) groups is 1. The molecule has 8 nitrogen and oxygen atoms in total. The van der Waals surface area contributed by atoms with Crippen LogP contribution in [0, 0.1) is 0 Å². The van der Waals surface area contributed by atoms with E-state index in [1.165, 1.54) is 10.9 Å². The highest BCUT2D eigenvalue weighted by atomic mass is 16.5. The number of nitrogens with one attached hydrogen (secondary N) is 1. The van der Waals surface area contributed by atoms with Crippen molar-refractivity contribution in [3.8, 4) is 0 Å². The van der Waals surface area contributed by atoms with Gasteiger partial charge in [0.25, 0.3) is 5.56 Å². The summed E-state index contributed by atoms with van der Waals surface area (Å²) in [5, 5.41) is 3.55. The third-order valence-corrected chi connectivity index (χ3v) is 5.28. The smallest absolute Gasteiger partial charge is 0.261 e. The molecule has 4 rings (SSSR count). The Kier molecular flexibility index (Phi) is 6.08. The summed E-state index contributed by atoms with van der Waals surface area (Å²) in [5.74, 6) is 0.619. The van der Waals surface area contributed by atoms with Gasteiger partial charge < -0.3 is 14.6 Å². The molecule has 0 radical (unpaired) electrons. The van der Waals surface area contributed by atoms with Crippen LogP contribution in [0.5, 0.6) is 0 Å². The Morgan fingerprint density at radius 3 is 2.65 bits per heavy atom. The Labute approximate surface area is 179 Å². The highest BCUT2D eigenvalue weighted by molar-refractivity contribution is 5.78.